The van der Waals surface area contributed by atoms with Gasteiger partial charge in [-0.15, -0.1) is 0 Å². The van der Waals surface area contributed by atoms with Gasteiger partial charge in [0, 0.05) is 23.4 Å². The smallest absolute Gasteiger partial charge is 0.211 e. The van der Waals surface area contributed by atoms with Crippen molar-refractivity contribution in [1.29, 1.82) is 0 Å². The second-order valence-corrected chi connectivity index (χ2v) is 6.98. The molecule has 24 heavy (non-hydrogen) atoms. The number of thioether (sulfide) groups is 1. The number of benzene rings is 1. The lowest BCUT2D eigenvalue weighted by Gasteiger charge is -2.08. The van der Waals surface area contributed by atoms with Gasteiger partial charge in [0.2, 0.25) is 5.78 Å². The molecule has 1 aromatic heterocycles. The Kier molecular flexibility index (Phi) is 5.94. The number of nitrogens with zero attached hydrogens (tertiary/aromatic N) is 2. The molecule has 0 unspecified atom stereocenters. The zero-order chi connectivity index (χ0) is 16.9. The molecule has 128 valence electrons. The molecule has 5 nitrogen and oxygen atoms in total. The van der Waals surface area contributed by atoms with E-state index in [2.05, 4.69) is 4.98 Å². The van der Waals surface area contributed by atoms with Crippen LogP contribution in [-0.2, 0) is 16.5 Å². The van der Waals surface area contributed by atoms with E-state index in [9.17, 15) is 4.79 Å². The minimum Gasteiger partial charge on any atom is -0.350 e. The molecule has 0 bridgehead atoms. The first-order valence-electron chi connectivity index (χ1n) is 7.83. The van der Waals surface area contributed by atoms with Crippen LogP contribution >= 0.6 is 23.4 Å². The highest BCUT2D eigenvalue weighted by molar-refractivity contribution is 7.99. The molecular weight excluding hydrogens is 348 g/mol. The average Bonchev–Trinajstić information content (AvgIpc) is 3.22. The van der Waals surface area contributed by atoms with E-state index in [1.807, 2.05) is 11.6 Å². The monoisotopic (exact) mass is 366 g/mol. The van der Waals surface area contributed by atoms with Gasteiger partial charge in [-0.05, 0) is 37.1 Å². The Morgan fingerprint density at radius 3 is 2.75 bits per heavy atom. The fraction of sp³-hybridized carbons (Fsp3) is 0.412. The largest absolute Gasteiger partial charge is 0.350 e. The van der Waals surface area contributed by atoms with Crippen LogP contribution in [0, 0.1) is 0 Å². The molecule has 1 fully saturated rings. The molecule has 7 heteroatoms. The number of ketones is 1. The highest BCUT2D eigenvalue weighted by atomic mass is 35.5. The van der Waals surface area contributed by atoms with Crippen molar-refractivity contribution in [3.8, 4) is 0 Å². The Balaban J connectivity index is 1.56. The van der Waals surface area contributed by atoms with Crippen molar-refractivity contribution in [3.63, 3.8) is 0 Å². The number of imidazole rings is 1. The van der Waals surface area contributed by atoms with Crippen LogP contribution in [0.15, 0.2) is 35.6 Å². The number of rotatable bonds is 7. The third-order valence-corrected chi connectivity index (χ3v) is 5.17. The molecule has 0 aliphatic carbocycles. The number of halogens is 1. The highest BCUT2D eigenvalue weighted by Gasteiger charge is 2.17. The maximum absolute atomic E-state index is 12.5. The predicted octanol–water partition coefficient (Wildman–Crippen LogP) is 3.55. The van der Waals surface area contributed by atoms with E-state index in [0.717, 1.165) is 23.8 Å². The van der Waals surface area contributed by atoms with Gasteiger partial charge in [-0.3, -0.25) is 4.79 Å². The van der Waals surface area contributed by atoms with Crippen LogP contribution < -0.4 is 0 Å². The molecule has 0 amide bonds. The molecule has 1 aliphatic heterocycles. The summed E-state index contributed by atoms with van der Waals surface area (Å²) < 4.78 is 12.7. The summed E-state index contributed by atoms with van der Waals surface area (Å²) in [6, 6.07) is 6.89. The maximum atomic E-state index is 12.5. The van der Waals surface area contributed by atoms with E-state index in [1.165, 1.54) is 0 Å². The Morgan fingerprint density at radius 2 is 2.04 bits per heavy atom. The van der Waals surface area contributed by atoms with Crippen LogP contribution in [0.5, 0.6) is 0 Å². The van der Waals surface area contributed by atoms with E-state index < -0.39 is 0 Å². The number of carbonyl (C=O) groups is 1. The Hall–Kier alpha value is -1.34. The number of ether oxygens (including phenoxy) is 2. The van der Waals surface area contributed by atoms with Crippen molar-refractivity contribution >= 4 is 29.1 Å². The lowest BCUT2D eigenvalue weighted by atomic mass is 10.1. The predicted molar refractivity (Wildman–Crippen MR) is 93.7 cm³/mol. The first-order valence-corrected chi connectivity index (χ1v) is 9.19. The van der Waals surface area contributed by atoms with Crippen LogP contribution in [0.2, 0.25) is 5.02 Å². The van der Waals surface area contributed by atoms with Gasteiger partial charge in [0.1, 0.15) is 5.69 Å². The minimum absolute atomic E-state index is 0.0544. The molecule has 3 rings (SSSR count). The van der Waals surface area contributed by atoms with Gasteiger partial charge in [0.15, 0.2) is 11.4 Å². The standard InChI is InChI=1S/C17H19ClN2O3S/c1-20-14(16(21)12-4-6-13(18)7-5-12)11-19-17(20)24-10-2-3-15-22-8-9-23-15/h4-7,11,15H,2-3,8-10H2,1H3. The van der Waals surface area contributed by atoms with E-state index in [-0.39, 0.29) is 12.1 Å². The van der Waals surface area contributed by atoms with E-state index in [1.54, 1.807) is 42.2 Å². The molecule has 0 N–H and O–H groups in total. The molecule has 2 heterocycles. The number of carbonyl (C=O) groups excluding carboxylic acids is 1. The number of aromatic nitrogens is 2. The SMILES string of the molecule is Cn1c(C(=O)c2ccc(Cl)cc2)cnc1SCCCC1OCCO1. The molecule has 0 spiro atoms. The normalized spacial score (nSPS) is 15.1. The fourth-order valence-electron chi connectivity index (χ4n) is 2.47. The van der Waals surface area contributed by atoms with Gasteiger partial charge in [-0.1, -0.05) is 23.4 Å². The van der Waals surface area contributed by atoms with Crippen LogP contribution in [0.1, 0.15) is 28.9 Å². The van der Waals surface area contributed by atoms with Crippen molar-refractivity contribution < 1.29 is 14.3 Å². The quantitative estimate of drug-likeness (QED) is 0.426. The fourth-order valence-corrected chi connectivity index (χ4v) is 3.51. The molecule has 1 aromatic carbocycles. The van der Waals surface area contributed by atoms with Crippen LogP contribution in [0.4, 0.5) is 0 Å². The summed E-state index contributed by atoms with van der Waals surface area (Å²) in [6.45, 7) is 1.38. The van der Waals surface area contributed by atoms with Gasteiger partial charge in [0.25, 0.3) is 0 Å². The summed E-state index contributed by atoms with van der Waals surface area (Å²) in [7, 11) is 1.86. The zero-order valence-electron chi connectivity index (χ0n) is 13.4. The topological polar surface area (TPSA) is 53.4 Å². The van der Waals surface area contributed by atoms with Crippen molar-refractivity contribution in [2.75, 3.05) is 19.0 Å². The first kappa shape index (κ1) is 17.5. The van der Waals surface area contributed by atoms with Crippen LogP contribution in [0.25, 0.3) is 0 Å². The van der Waals surface area contributed by atoms with Crippen LogP contribution in [-0.4, -0.2) is 40.6 Å². The highest BCUT2D eigenvalue weighted by Crippen LogP contribution is 2.22. The Labute approximate surface area is 150 Å². The summed E-state index contributed by atoms with van der Waals surface area (Å²) in [5.41, 5.74) is 1.18. The summed E-state index contributed by atoms with van der Waals surface area (Å²) in [5, 5.41) is 1.45. The maximum Gasteiger partial charge on any atom is 0.211 e. The summed E-state index contributed by atoms with van der Waals surface area (Å²) in [6.07, 6.45) is 3.42. The minimum atomic E-state index is -0.0611. The Bertz CT molecular complexity index is 696. The summed E-state index contributed by atoms with van der Waals surface area (Å²) >= 11 is 7.50. The average molecular weight is 367 g/mol. The molecular formula is C17H19ClN2O3S. The summed E-state index contributed by atoms with van der Waals surface area (Å²) in [5.74, 6) is 0.851. The molecule has 0 saturated carbocycles. The van der Waals surface area contributed by atoms with Gasteiger partial charge in [-0.25, -0.2) is 4.98 Å². The van der Waals surface area contributed by atoms with Crippen molar-refractivity contribution in [1.82, 2.24) is 9.55 Å². The van der Waals surface area contributed by atoms with Crippen molar-refractivity contribution in [3.05, 3.63) is 46.7 Å². The van der Waals surface area contributed by atoms with Crippen LogP contribution in [0.3, 0.4) is 0 Å². The summed E-state index contributed by atoms with van der Waals surface area (Å²) in [4.78, 5) is 16.9. The Morgan fingerprint density at radius 1 is 1.33 bits per heavy atom. The van der Waals surface area contributed by atoms with E-state index in [4.69, 9.17) is 21.1 Å². The second-order valence-electron chi connectivity index (χ2n) is 5.48. The first-order chi connectivity index (χ1) is 11.6. The lowest BCUT2D eigenvalue weighted by Crippen LogP contribution is -2.08. The van der Waals surface area contributed by atoms with Crippen molar-refractivity contribution in [2.24, 2.45) is 7.05 Å². The van der Waals surface area contributed by atoms with E-state index >= 15 is 0 Å². The van der Waals surface area contributed by atoms with Gasteiger partial charge in [-0.2, -0.15) is 0 Å². The third-order valence-electron chi connectivity index (χ3n) is 3.79. The molecule has 2 aromatic rings. The second kappa shape index (κ2) is 8.16. The van der Waals surface area contributed by atoms with Gasteiger partial charge >= 0.3 is 0 Å². The molecule has 1 saturated heterocycles. The zero-order valence-corrected chi connectivity index (χ0v) is 15.0. The number of hydrogen-bond donors (Lipinski definition) is 0. The van der Waals surface area contributed by atoms with Gasteiger partial charge < -0.3 is 14.0 Å². The molecule has 1 aliphatic rings. The van der Waals surface area contributed by atoms with Gasteiger partial charge in [0.05, 0.1) is 19.4 Å². The number of hydrogen-bond acceptors (Lipinski definition) is 5. The molecule has 0 radical (unpaired) electrons. The lowest BCUT2D eigenvalue weighted by molar-refractivity contribution is -0.0466. The molecule has 0 atom stereocenters. The van der Waals surface area contributed by atoms with Crippen molar-refractivity contribution in [2.45, 2.75) is 24.3 Å². The third kappa shape index (κ3) is 4.19. The van der Waals surface area contributed by atoms with E-state index in [0.29, 0.717) is 29.5 Å².